The van der Waals surface area contributed by atoms with E-state index in [0.717, 1.165) is 48.3 Å². The lowest BCUT2D eigenvalue weighted by Crippen LogP contribution is -2.42. The van der Waals surface area contributed by atoms with Gasteiger partial charge in [0.05, 0.1) is 0 Å². The van der Waals surface area contributed by atoms with Gasteiger partial charge in [-0.2, -0.15) is 0 Å². The Morgan fingerprint density at radius 1 is 1.33 bits per heavy atom. The van der Waals surface area contributed by atoms with E-state index in [1.807, 2.05) is 24.3 Å². The Labute approximate surface area is 142 Å². The Hall–Kier alpha value is -2.38. The van der Waals surface area contributed by atoms with Gasteiger partial charge in [0.1, 0.15) is 5.69 Å². The number of aromatic nitrogens is 1. The van der Waals surface area contributed by atoms with Crippen molar-refractivity contribution in [1.29, 1.82) is 0 Å². The largest absolute Gasteiger partial charge is 0.347 e. The van der Waals surface area contributed by atoms with Crippen LogP contribution in [-0.4, -0.2) is 41.5 Å². The molecule has 24 heavy (non-hydrogen) atoms. The fourth-order valence-electron chi connectivity index (χ4n) is 3.98. The molecule has 0 radical (unpaired) electrons. The van der Waals surface area contributed by atoms with Gasteiger partial charge in [-0.05, 0) is 50.4 Å². The molecule has 1 N–H and O–H groups in total. The van der Waals surface area contributed by atoms with Gasteiger partial charge in [-0.25, -0.2) is 0 Å². The van der Waals surface area contributed by atoms with Crippen LogP contribution >= 0.6 is 0 Å². The molecule has 4 nitrogen and oxygen atoms in total. The quantitative estimate of drug-likeness (QED) is 0.865. The molecule has 3 aliphatic rings. The number of hydrogen-bond acceptors (Lipinski definition) is 3. The number of terminal acetylenes is 1. The summed E-state index contributed by atoms with van der Waals surface area (Å²) in [5.74, 6) is 3.32. The van der Waals surface area contributed by atoms with Crippen LogP contribution in [0.4, 0.5) is 0 Å². The van der Waals surface area contributed by atoms with E-state index in [0.29, 0.717) is 5.69 Å². The zero-order valence-electron chi connectivity index (χ0n) is 13.7. The summed E-state index contributed by atoms with van der Waals surface area (Å²) in [5, 5.41) is 5.05. The van der Waals surface area contributed by atoms with E-state index >= 15 is 0 Å². The van der Waals surface area contributed by atoms with Gasteiger partial charge < -0.3 is 10.2 Å². The molecular formula is C20H21N3O. The molecule has 4 heteroatoms. The van der Waals surface area contributed by atoms with Gasteiger partial charge in [0, 0.05) is 35.1 Å². The number of carbonyl (C=O) groups excluding carboxylic acids is 1. The molecule has 0 saturated carbocycles. The van der Waals surface area contributed by atoms with Crippen molar-refractivity contribution >= 4 is 16.7 Å². The molecule has 0 aliphatic carbocycles. The van der Waals surface area contributed by atoms with Gasteiger partial charge in [-0.15, -0.1) is 6.42 Å². The Balaban J connectivity index is 1.56. The van der Waals surface area contributed by atoms with Crippen LogP contribution in [0.5, 0.6) is 0 Å². The van der Waals surface area contributed by atoms with Crippen LogP contribution in [0.25, 0.3) is 10.8 Å². The molecule has 4 heterocycles. The zero-order chi connectivity index (χ0) is 16.5. The predicted octanol–water partition coefficient (Wildman–Crippen LogP) is 2.43. The van der Waals surface area contributed by atoms with Crippen molar-refractivity contribution in [3.05, 3.63) is 41.7 Å². The first-order valence-corrected chi connectivity index (χ1v) is 8.61. The summed E-state index contributed by atoms with van der Waals surface area (Å²) in [7, 11) is 0. The van der Waals surface area contributed by atoms with Gasteiger partial charge in [-0.3, -0.25) is 9.78 Å². The second-order valence-electron chi connectivity index (χ2n) is 6.89. The van der Waals surface area contributed by atoms with E-state index in [4.69, 9.17) is 6.42 Å². The first-order chi connectivity index (χ1) is 11.7. The molecule has 1 aromatic heterocycles. The first-order valence-electron chi connectivity index (χ1n) is 8.61. The highest BCUT2D eigenvalue weighted by molar-refractivity contribution is 5.98. The van der Waals surface area contributed by atoms with E-state index < -0.39 is 0 Å². The molecule has 3 fully saturated rings. The molecule has 0 unspecified atom stereocenters. The maximum absolute atomic E-state index is 12.7. The number of amides is 1. The highest BCUT2D eigenvalue weighted by atomic mass is 16.1. The molecule has 3 saturated heterocycles. The van der Waals surface area contributed by atoms with Crippen LogP contribution in [0, 0.1) is 18.3 Å². The van der Waals surface area contributed by atoms with Crippen molar-refractivity contribution in [2.75, 3.05) is 19.6 Å². The highest BCUT2D eigenvalue weighted by Crippen LogP contribution is 2.27. The summed E-state index contributed by atoms with van der Waals surface area (Å²) >= 11 is 0. The molecule has 3 aliphatic heterocycles. The van der Waals surface area contributed by atoms with E-state index in [1.165, 1.54) is 12.8 Å². The van der Waals surface area contributed by atoms with Crippen molar-refractivity contribution in [2.24, 2.45) is 5.92 Å². The van der Waals surface area contributed by atoms with E-state index in [1.54, 1.807) is 6.20 Å². The second-order valence-corrected chi connectivity index (χ2v) is 6.89. The number of pyridine rings is 1. The number of nitrogens with zero attached hydrogens (tertiary/aromatic N) is 2. The fraction of sp³-hybridized carbons (Fsp3) is 0.400. The lowest BCUT2D eigenvalue weighted by atomic mass is 9.94. The van der Waals surface area contributed by atoms with Crippen LogP contribution in [0.2, 0.25) is 0 Å². The summed E-state index contributed by atoms with van der Waals surface area (Å²) in [4.78, 5) is 19.4. The lowest BCUT2D eigenvalue weighted by Gasteiger charge is -2.26. The number of benzene rings is 1. The van der Waals surface area contributed by atoms with Crippen LogP contribution in [0.15, 0.2) is 30.5 Å². The minimum absolute atomic E-state index is 0.101. The number of hydrogen-bond donors (Lipinski definition) is 1. The highest BCUT2D eigenvalue weighted by Gasteiger charge is 2.30. The van der Waals surface area contributed by atoms with Crippen LogP contribution in [0.3, 0.4) is 0 Å². The molecule has 122 valence electrons. The normalized spacial score (nSPS) is 25.9. The SMILES string of the molecule is C#Cc1cccc2cnc(C(=O)N[C@@H]3CC4CCN(CC4)C3)cc12. The summed E-state index contributed by atoms with van der Waals surface area (Å²) in [6, 6.07) is 7.79. The van der Waals surface area contributed by atoms with Crippen LogP contribution in [0.1, 0.15) is 35.3 Å². The Morgan fingerprint density at radius 3 is 2.96 bits per heavy atom. The van der Waals surface area contributed by atoms with Gasteiger partial charge in [0.25, 0.3) is 5.91 Å². The molecule has 2 aromatic rings. The second kappa shape index (κ2) is 6.26. The van der Waals surface area contributed by atoms with Crippen molar-refractivity contribution in [3.8, 4) is 12.3 Å². The van der Waals surface area contributed by atoms with Gasteiger partial charge >= 0.3 is 0 Å². The van der Waals surface area contributed by atoms with Gasteiger partial charge in [0.15, 0.2) is 0 Å². The van der Waals surface area contributed by atoms with Crippen LogP contribution in [-0.2, 0) is 0 Å². The smallest absolute Gasteiger partial charge is 0.270 e. The van der Waals surface area contributed by atoms with Gasteiger partial charge in [0.2, 0.25) is 0 Å². The topological polar surface area (TPSA) is 45.2 Å². The van der Waals surface area contributed by atoms with Crippen molar-refractivity contribution in [2.45, 2.75) is 25.3 Å². The number of fused-ring (bicyclic) bond motifs is 5. The third-order valence-corrected chi connectivity index (χ3v) is 5.29. The van der Waals surface area contributed by atoms with Crippen molar-refractivity contribution in [1.82, 2.24) is 15.2 Å². The molecule has 5 rings (SSSR count). The number of nitrogens with one attached hydrogen (secondary N) is 1. The number of piperidine rings is 1. The zero-order valence-corrected chi connectivity index (χ0v) is 13.7. The monoisotopic (exact) mass is 319 g/mol. The average Bonchev–Trinajstić information content (AvgIpc) is 2.93. The maximum atomic E-state index is 12.7. The minimum atomic E-state index is -0.101. The minimum Gasteiger partial charge on any atom is -0.347 e. The Morgan fingerprint density at radius 2 is 2.17 bits per heavy atom. The van der Waals surface area contributed by atoms with Crippen LogP contribution < -0.4 is 5.32 Å². The van der Waals surface area contributed by atoms with Crippen molar-refractivity contribution in [3.63, 3.8) is 0 Å². The summed E-state index contributed by atoms with van der Waals surface area (Å²) in [5.41, 5.74) is 1.24. The maximum Gasteiger partial charge on any atom is 0.270 e. The summed E-state index contributed by atoms with van der Waals surface area (Å²) in [6.45, 7) is 3.28. The van der Waals surface area contributed by atoms with Gasteiger partial charge in [-0.1, -0.05) is 18.1 Å². The van der Waals surface area contributed by atoms with E-state index in [2.05, 4.69) is 21.1 Å². The third kappa shape index (κ3) is 2.88. The lowest BCUT2D eigenvalue weighted by molar-refractivity contribution is 0.0924. The average molecular weight is 319 g/mol. The standard InChI is InChI=1S/C20H21N3O/c1-2-15-4-3-5-16-12-21-19(11-18(15)16)20(24)22-17-10-14-6-8-23(13-17)9-7-14/h1,3-5,11-12,14,17H,6-10,13H2,(H,22,24)/t17-/m1/s1. The van der Waals surface area contributed by atoms with E-state index in [-0.39, 0.29) is 11.9 Å². The number of rotatable bonds is 2. The fourth-order valence-corrected chi connectivity index (χ4v) is 3.98. The predicted molar refractivity (Wildman–Crippen MR) is 94.7 cm³/mol. The Kier molecular flexibility index (Phi) is 3.95. The number of carbonyl (C=O) groups is 1. The Bertz CT molecular complexity index is 801. The molecule has 1 atom stereocenters. The molecule has 1 amide bonds. The summed E-state index contributed by atoms with van der Waals surface area (Å²) < 4.78 is 0. The molecule has 1 aromatic carbocycles. The summed E-state index contributed by atoms with van der Waals surface area (Å²) in [6.07, 6.45) is 10.9. The van der Waals surface area contributed by atoms with Crippen molar-refractivity contribution < 1.29 is 4.79 Å². The third-order valence-electron chi connectivity index (χ3n) is 5.29. The van der Waals surface area contributed by atoms with E-state index in [9.17, 15) is 4.79 Å². The molecule has 2 bridgehead atoms. The molecule has 0 spiro atoms. The first kappa shape index (κ1) is 15.2. The molecular weight excluding hydrogens is 298 g/mol.